The number of rotatable bonds is 8. The molecule has 0 aliphatic carbocycles. The van der Waals surface area contributed by atoms with Gasteiger partial charge in [0.25, 0.3) is 5.91 Å². The van der Waals surface area contributed by atoms with Crippen molar-refractivity contribution in [1.82, 2.24) is 5.32 Å². The lowest BCUT2D eigenvalue weighted by atomic mass is 10.2. The summed E-state index contributed by atoms with van der Waals surface area (Å²) in [4.78, 5) is 25.2. The molecule has 3 N–H and O–H groups in total. The quantitative estimate of drug-likeness (QED) is 0.560. The van der Waals surface area contributed by atoms with Crippen molar-refractivity contribution in [3.63, 3.8) is 0 Å². The Balaban J connectivity index is 1.84. The molecule has 0 radical (unpaired) electrons. The first-order valence-electron chi connectivity index (χ1n) is 7.54. The molecular formula is C18H20N2O2S2. The summed E-state index contributed by atoms with van der Waals surface area (Å²) < 4.78 is 0. The molecule has 126 valence electrons. The van der Waals surface area contributed by atoms with Gasteiger partial charge in [0.15, 0.2) is 0 Å². The van der Waals surface area contributed by atoms with Gasteiger partial charge >= 0.3 is 0 Å². The van der Waals surface area contributed by atoms with E-state index in [1.54, 1.807) is 17.8 Å². The maximum atomic E-state index is 12.3. The van der Waals surface area contributed by atoms with Gasteiger partial charge in [0.2, 0.25) is 5.91 Å². The molecule has 4 nitrogen and oxygen atoms in total. The number of aryl methyl sites for hydroxylation is 1. The van der Waals surface area contributed by atoms with E-state index in [-0.39, 0.29) is 11.7 Å². The summed E-state index contributed by atoms with van der Waals surface area (Å²) >= 11 is 2.98. The number of primary amides is 1. The second-order valence-electron chi connectivity index (χ2n) is 5.17. The Morgan fingerprint density at radius 2 is 1.75 bits per heavy atom. The number of amides is 2. The molecular weight excluding hydrogens is 340 g/mol. The van der Waals surface area contributed by atoms with Crippen LogP contribution in [0.3, 0.4) is 0 Å². The summed E-state index contributed by atoms with van der Waals surface area (Å²) in [5.41, 5.74) is 6.97. The second-order valence-corrected chi connectivity index (χ2v) is 7.35. The molecule has 0 aromatic heterocycles. The van der Waals surface area contributed by atoms with Crippen LogP contribution in [0.4, 0.5) is 0 Å². The number of nitrogens with one attached hydrogen (secondary N) is 1. The fourth-order valence-corrected chi connectivity index (χ4v) is 3.55. The minimum atomic E-state index is -0.398. The van der Waals surface area contributed by atoms with Gasteiger partial charge in [0, 0.05) is 22.1 Å². The predicted molar refractivity (Wildman–Crippen MR) is 101 cm³/mol. The molecule has 0 unspecified atom stereocenters. The van der Waals surface area contributed by atoms with Crippen molar-refractivity contribution in [2.75, 3.05) is 18.1 Å². The molecule has 2 aromatic rings. The third-order valence-corrected chi connectivity index (χ3v) is 5.29. The average molecular weight is 361 g/mol. The highest BCUT2D eigenvalue weighted by Crippen LogP contribution is 2.22. The summed E-state index contributed by atoms with van der Waals surface area (Å²) in [5, 5.41) is 2.92. The van der Waals surface area contributed by atoms with Crippen molar-refractivity contribution in [2.24, 2.45) is 5.73 Å². The minimum absolute atomic E-state index is 0.132. The number of hydrogen-bond donors (Lipinski definition) is 2. The molecule has 0 atom stereocenters. The van der Waals surface area contributed by atoms with Gasteiger partial charge in [-0.2, -0.15) is 0 Å². The maximum Gasteiger partial charge on any atom is 0.252 e. The molecule has 2 amide bonds. The van der Waals surface area contributed by atoms with E-state index in [1.165, 1.54) is 22.2 Å². The molecule has 0 spiro atoms. The van der Waals surface area contributed by atoms with Crippen LogP contribution in [0, 0.1) is 6.92 Å². The van der Waals surface area contributed by atoms with Gasteiger partial charge < -0.3 is 11.1 Å². The highest BCUT2D eigenvalue weighted by atomic mass is 32.2. The normalized spacial score (nSPS) is 10.4. The van der Waals surface area contributed by atoms with Gasteiger partial charge in [-0.25, -0.2) is 0 Å². The van der Waals surface area contributed by atoms with Crippen molar-refractivity contribution in [1.29, 1.82) is 0 Å². The second kappa shape index (κ2) is 9.39. The zero-order chi connectivity index (χ0) is 17.4. The van der Waals surface area contributed by atoms with E-state index in [4.69, 9.17) is 5.73 Å². The number of hydrogen-bond acceptors (Lipinski definition) is 4. The van der Waals surface area contributed by atoms with Crippen LogP contribution in [0.25, 0.3) is 0 Å². The van der Waals surface area contributed by atoms with Gasteiger partial charge in [-0.1, -0.05) is 29.8 Å². The van der Waals surface area contributed by atoms with Crippen molar-refractivity contribution in [3.8, 4) is 0 Å². The molecule has 0 saturated heterocycles. The van der Waals surface area contributed by atoms with E-state index in [2.05, 4.69) is 36.5 Å². The first-order chi connectivity index (χ1) is 11.6. The zero-order valence-electron chi connectivity index (χ0n) is 13.5. The van der Waals surface area contributed by atoms with Crippen molar-refractivity contribution < 1.29 is 9.59 Å². The summed E-state index contributed by atoms with van der Waals surface area (Å²) in [7, 11) is 0. The molecule has 0 aliphatic rings. The molecule has 0 heterocycles. The summed E-state index contributed by atoms with van der Waals surface area (Å²) in [5.74, 6) is 0.427. The monoisotopic (exact) mass is 360 g/mol. The minimum Gasteiger partial charge on any atom is -0.369 e. The zero-order valence-corrected chi connectivity index (χ0v) is 15.1. The smallest absolute Gasteiger partial charge is 0.252 e. The average Bonchev–Trinajstić information content (AvgIpc) is 2.58. The van der Waals surface area contributed by atoms with Crippen LogP contribution < -0.4 is 11.1 Å². The van der Waals surface area contributed by atoms with E-state index in [0.717, 1.165) is 10.6 Å². The number of carbonyl (C=O) groups is 2. The van der Waals surface area contributed by atoms with Crippen molar-refractivity contribution >= 4 is 35.3 Å². The van der Waals surface area contributed by atoms with E-state index in [9.17, 15) is 9.59 Å². The Kier molecular flexibility index (Phi) is 7.21. The molecule has 2 aromatic carbocycles. The lowest BCUT2D eigenvalue weighted by Gasteiger charge is -2.09. The highest BCUT2D eigenvalue weighted by molar-refractivity contribution is 8.00. The third kappa shape index (κ3) is 5.94. The standard InChI is InChI=1S/C18H20N2O2S2/c1-13-6-8-14(9-7-13)23-11-10-20-18(22)15-4-2-3-5-16(15)24-12-17(19)21/h2-9H,10-12H2,1H3,(H2,19,21)(H,20,22). The Labute approximate surface area is 150 Å². The van der Waals surface area contributed by atoms with Crippen LogP contribution in [0.2, 0.25) is 0 Å². The van der Waals surface area contributed by atoms with E-state index >= 15 is 0 Å². The molecule has 0 aliphatic heterocycles. The number of nitrogens with two attached hydrogens (primary N) is 1. The van der Waals surface area contributed by atoms with Crippen molar-refractivity contribution in [3.05, 3.63) is 59.7 Å². The van der Waals surface area contributed by atoms with Gasteiger partial charge in [-0.3, -0.25) is 9.59 Å². The van der Waals surface area contributed by atoms with Crippen LogP contribution in [0.1, 0.15) is 15.9 Å². The third-order valence-electron chi connectivity index (χ3n) is 3.18. The topological polar surface area (TPSA) is 72.2 Å². The molecule has 24 heavy (non-hydrogen) atoms. The van der Waals surface area contributed by atoms with Crippen molar-refractivity contribution in [2.45, 2.75) is 16.7 Å². The van der Waals surface area contributed by atoms with Gasteiger partial charge in [-0.05, 0) is 31.2 Å². The summed E-state index contributed by atoms with van der Waals surface area (Å²) in [6, 6.07) is 15.5. The Bertz CT molecular complexity index is 702. The summed E-state index contributed by atoms with van der Waals surface area (Å²) in [6.45, 7) is 2.63. The fourth-order valence-electron chi connectivity index (χ4n) is 1.99. The maximum absolute atomic E-state index is 12.3. The van der Waals surface area contributed by atoms with Crippen LogP contribution in [0.5, 0.6) is 0 Å². The first-order valence-corrected chi connectivity index (χ1v) is 9.51. The number of thioether (sulfide) groups is 2. The van der Waals surface area contributed by atoms with Gasteiger partial charge in [0.05, 0.1) is 11.3 Å². The molecule has 0 bridgehead atoms. The SMILES string of the molecule is Cc1ccc(SCCNC(=O)c2ccccc2SCC(N)=O)cc1. The molecule has 0 saturated carbocycles. The highest BCUT2D eigenvalue weighted by Gasteiger charge is 2.11. The van der Waals surface area contributed by atoms with E-state index in [1.807, 2.05) is 18.2 Å². The molecule has 2 rings (SSSR count). The van der Waals surface area contributed by atoms with Gasteiger partial charge in [0.1, 0.15) is 0 Å². The lowest BCUT2D eigenvalue weighted by molar-refractivity contribution is -0.115. The number of carbonyl (C=O) groups excluding carboxylic acids is 2. The lowest BCUT2D eigenvalue weighted by Crippen LogP contribution is -2.26. The van der Waals surface area contributed by atoms with Crippen LogP contribution in [0.15, 0.2) is 58.3 Å². The Hall–Kier alpha value is -1.92. The predicted octanol–water partition coefficient (Wildman–Crippen LogP) is 3.09. The van der Waals surface area contributed by atoms with E-state index in [0.29, 0.717) is 12.1 Å². The Morgan fingerprint density at radius 3 is 2.46 bits per heavy atom. The summed E-state index contributed by atoms with van der Waals surface area (Å²) in [6.07, 6.45) is 0. The van der Waals surface area contributed by atoms with E-state index < -0.39 is 5.91 Å². The largest absolute Gasteiger partial charge is 0.369 e. The molecule has 6 heteroatoms. The van der Waals surface area contributed by atoms with Crippen LogP contribution >= 0.6 is 23.5 Å². The first kappa shape index (κ1) is 18.4. The Morgan fingerprint density at radius 1 is 1.04 bits per heavy atom. The van der Waals surface area contributed by atoms with Crippen LogP contribution in [-0.4, -0.2) is 29.9 Å². The number of benzene rings is 2. The fraction of sp³-hybridized carbons (Fsp3) is 0.222. The van der Waals surface area contributed by atoms with Gasteiger partial charge in [-0.15, -0.1) is 23.5 Å². The molecule has 0 fully saturated rings. The van der Waals surface area contributed by atoms with Crippen LogP contribution in [-0.2, 0) is 4.79 Å².